The van der Waals surface area contributed by atoms with E-state index in [0.29, 0.717) is 39.6 Å². The van der Waals surface area contributed by atoms with Crippen LogP contribution in [0.25, 0.3) is 0 Å². The zero-order chi connectivity index (χ0) is 23.2. The summed E-state index contributed by atoms with van der Waals surface area (Å²) in [5.41, 5.74) is 1.19. The van der Waals surface area contributed by atoms with Crippen molar-refractivity contribution in [2.45, 2.75) is 40.2 Å². The average molecular weight is 506 g/mol. The lowest BCUT2D eigenvalue weighted by Gasteiger charge is -2.20. The Balaban J connectivity index is 2.00. The molecular weight excluding hydrogens is 478 g/mol. The maximum atomic E-state index is 12.5. The molecular formula is C23H28BrN3O3S. The van der Waals surface area contributed by atoms with Gasteiger partial charge in [-0.05, 0) is 91.2 Å². The van der Waals surface area contributed by atoms with Crippen molar-refractivity contribution in [1.82, 2.24) is 10.6 Å². The van der Waals surface area contributed by atoms with Gasteiger partial charge >= 0.3 is 0 Å². The predicted molar refractivity (Wildman–Crippen MR) is 132 cm³/mol. The summed E-state index contributed by atoms with van der Waals surface area (Å²) in [6.45, 7) is 10.5. The molecule has 0 saturated carbocycles. The summed E-state index contributed by atoms with van der Waals surface area (Å²) in [7, 11) is 0. The quantitative estimate of drug-likeness (QED) is 0.473. The third-order valence-electron chi connectivity index (χ3n) is 3.86. The van der Waals surface area contributed by atoms with Gasteiger partial charge in [-0.25, -0.2) is 0 Å². The first-order chi connectivity index (χ1) is 14.4. The van der Waals surface area contributed by atoms with Gasteiger partial charge in [-0.2, -0.15) is 0 Å². The van der Waals surface area contributed by atoms with Gasteiger partial charge in [0.2, 0.25) is 0 Å². The van der Waals surface area contributed by atoms with E-state index >= 15 is 0 Å². The number of ether oxygens (including phenoxy) is 1. The fraction of sp³-hybridized carbons (Fsp3) is 0.348. The number of rotatable bonds is 6. The molecule has 166 valence electrons. The molecule has 8 heteroatoms. The van der Waals surface area contributed by atoms with Gasteiger partial charge in [0.15, 0.2) is 5.11 Å². The molecule has 2 aromatic carbocycles. The van der Waals surface area contributed by atoms with Crippen molar-refractivity contribution >= 4 is 50.8 Å². The summed E-state index contributed by atoms with van der Waals surface area (Å²) in [6.07, 6.45) is 0. The Morgan fingerprint density at radius 2 is 1.74 bits per heavy atom. The largest absolute Gasteiger partial charge is 0.492 e. The number of benzene rings is 2. The molecule has 2 rings (SSSR count). The monoisotopic (exact) mass is 505 g/mol. The van der Waals surface area contributed by atoms with E-state index in [4.69, 9.17) is 17.0 Å². The van der Waals surface area contributed by atoms with Crippen LogP contribution in [0.2, 0.25) is 0 Å². The Morgan fingerprint density at radius 1 is 1.06 bits per heavy atom. The highest BCUT2D eigenvalue weighted by atomic mass is 79.9. The molecule has 31 heavy (non-hydrogen) atoms. The number of amides is 2. The molecule has 0 aliphatic heterocycles. The number of anilines is 1. The number of nitrogens with one attached hydrogen (secondary N) is 3. The number of thiocarbonyl (C=S) groups is 1. The van der Waals surface area contributed by atoms with Crippen molar-refractivity contribution in [2.24, 2.45) is 5.92 Å². The molecule has 0 heterocycles. The van der Waals surface area contributed by atoms with E-state index in [1.165, 1.54) is 0 Å². The molecule has 0 aliphatic carbocycles. The molecule has 2 amide bonds. The van der Waals surface area contributed by atoms with Crippen LogP contribution in [0.4, 0.5) is 5.69 Å². The summed E-state index contributed by atoms with van der Waals surface area (Å²) in [5.74, 6) is 0.540. The topological polar surface area (TPSA) is 79.5 Å². The summed E-state index contributed by atoms with van der Waals surface area (Å²) < 4.78 is 6.40. The highest BCUT2D eigenvalue weighted by Gasteiger charge is 2.16. The lowest BCUT2D eigenvalue weighted by atomic mass is 10.1. The molecule has 0 aliphatic rings. The molecule has 0 radical (unpaired) electrons. The van der Waals surface area contributed by atoms with Crippen LogP contribution >= 0.6 is 28.1 Å². The number of hydrogen-bond donors (Lipinski definition) is 3. The Labute approximate surface area is 197 Å². The molecule has 0 aromatic heterocycles. The highest BCUT2D eigenvalue weighted by Crippen LogP contribution is 2.26. The van der Waals surface area contributed by atoms with Crippen molar-refractivity contribution in [2.75, 3.05) is 11.9 Å². The van der Waals surface area contributed by atoms with E-state index in [1.54, 1.807) is 42.5 Å². The molecule has 0 unspecified atom stereocenters. The zero-order valence-electron chi connectivity index (χ0n) is 18.3. The van der Waals surface area contributed by atoms with Crippen LogP contribution in [0.3, 0.4) is 0 Å². The first-order valence-corrected chi connectivity index (χ1v) is 11.1. The molecule has 0 saturated heterocycles. The summed E-state index contributed by atoms with van der Waals surface area (Å²) >= 11 is 8.69. The van der Waals surface area contributed by atoms with E-state index in [2.05, 4.69) is 45.7 Å². The number of halogens is 1. The van der Waals surface area contributed by atoms with E-state index in [0.717, 1.165) is 0 Å². The van der Waals surface area contributed by atoms with Crippen molar-refractivity contribution in [1.29, 1.82) is 0 Å². The predicted octanol–water partition coefficient (Wildman–Crippen LogP) is 5.14. The van der Waals surface area contributed by atoms with Crippen LogP contribution in [-0.4, -0.2) is 29.1 Å². The van der Waals surface area contributed by atoms with Crippen LogP contribution in [0.15, 0.2) is 46.9 Å². The van der Waals surface area contributed by atoms with E-state index in [1.807, 2.05) is 20.8 Å². The van der Waals surface area contributed by atoms with Crippen LogP contribution in [0, 0.1) is 5.92 Å². The minimum Gasteiger partial charge on any atom is -0.492 e. The van der Waals surface area contributed by atoms with Crippen molar-refractivity contribution in [3.63, 3.8) is 0 Å². The first-order valence-electron chi connectivity index (χ1n) is 9.92. The maximum absolute atomic E-state index is 12.5. The van der Waals surface area contributed by atoms with Gasteiger partial charge < -0.3 is 15.4 Å². The second-order valence-corrected chi connectivity index (χ2v) is 9.81. The standard InChI is InChI=1S/C23H28BrN3O3S/c1-14(2)13-30-19-10-9-16(12-18(19)24)20(28)26-22(31)25-17-8-6-7-15(11-17)21(29)27-23(3,4)5/h6-12,14H,13H2,1-5H3,(H,27,29)(H2,25,26,28,31). The molecule has 2 aromatic rings. The first kappa shape index (κ1) is 24.8. The smallest absolute Gasteiger partial charge is 0.257 e. The molecule has 3 N–H and O–H groups in total. The van der Waals surface area contributed by atoms with Gasteiger partial charge in [0.25, 0.3) is 11.8 Å². The number of carbonyl (C=O) groups excluding carboxylic acids is 2. The lowest BCUT2D eigenvalue weighted by molar-refractivity contribution is 0.0918. The molecule has 0 spiro atoms. The van der Waals surface area contributed by atoms with E-state index in [9.17, 15) is 9.59 Å². The third kappa shape index (κ3) is 8.30. The fourth-order valence-corrected chi connectivity index (χ4v) is 3.21. The third-order valence-corrected chi connectivity index (χ3v) is 4.69. The summed E-state index contributed by atoms with van der Waals surface area (Å²) in [5, 5.41) is 8.63. The van der Waals surface area contributed by atoms with Gasteiger partial charge in [0.1, 0.15) is 5.75 Å². The van der Waals surface area contributed by atoms with Gasteiger partial charge in [-0.3, -0.25) is 14.9 Å². The highest BCUT2D eigenvalue weighted by molar-refractivity contribution is 9.10. The van der Waals surface area contributed by atoms with Crippen molar-refractivity contribution < 1.29 is 14.3 Å². The maximum Gasteiger partial charge on any atom is 0.257 e. The number of carbonyl (C=O) groups is 2. The molecule has 0 bridgehead atoms. The fourth-order valence-electron chi connectivity index (χ4n) is 2.50. The van der Waals surface area contributed by atoms with Gasteiger partial charge in [0.05, 0.1) is 11.1 Å². The molecule has 0 fully saturated rings. The minimum absolute atomic E-state index is 0.134. The molecule has 0 atom stereocenters. The van der Waals surface area contributed by atoms with Gasteiger partial charge in [-0.15, -0.1) is 0 Å². The SMILES string of the molecule is CC(C)COc1ccc(C(=O)NC(=S)Nc2cccc(C(=O)NC(C)(C)C)c2)cc1Br. The van der Waals surface area contributed by atoms with Crippen LogP contribution in [0.5, 0.6) is 5.75 Å². The Hall–Kier alpha value is -2.45. The Morgan fingerprint density at radius 3 is 2.35 bits per heavy atom. The van der Waals surface area contributed by atoms with Crippen LogP contribution in [-0.2, 0) is 0 Å². The van der Waals surface area contributed by atoms with Crippen molar-refractivity contribution in [3.8, 4) is 5.75 Å². The average Bonchev–Trinajstić information content (AvgIpc) is 2.65. The molecule has 6 nitrogen and oxygen atoms in total. The van der Waals surface area contributed by atoms with Crippen LogP contribution < -0.4 is 20.7 Å². The normalized spacial score (nSPS) is 11.1. The second-order valence-electron chi connectivity index (χ2n) is 8.54. The Bertz CT molecular complexity index is 971. The number of hydrogen-bond acceptors (Lipinski definition) is 4. The van der Waals surface area contributed by atoms with E-state index in [-0.39, 0.29) is 22.5 Å². The van der Waals surface area contributed by atoms with Crippen molar-refractivity contribution in [3.05, 3.63) is 58.1 Å². The zero-order valence-corrected chi connectivity index (χ0v) is 20.7. The van der Waals surface area contributed by atoms with Crippen LogP contribution in [0.1, 0.15) is 55.3 Å². The van der Waals surface area contributed by atoms with Gasteiger partial charge in [0, 0.05) is 22.4 Å². The summed E-state index contributed by atoms with van der Waals surface area (Å²) in [4.78, 5) is 24.9. The lowest BCUT2D eigenvalue weighted by Crippen LogP contribution is -2.40. The minimum atomic E-state index is -0.352. The second kappa shape index (κ2) is 10.7. The van der Waals surface area contributed by atoms with E-state index < -0.39 is 0 Å². The Kier molecular flexibility index (Phi) is 8.59. The van der Waals surface area contributed by atoms with Gasteiger partial charge in [-0.1, -0.05) is 19.9 Å². The summed E-state index contributed by atoms with van der Waals surface area (Å²) in [6, 6.07) is 12.0.